The average Bonchev–Trinajstić information content (AvgIpc) is 2.59. The molecule has 0 unspecified atom stereocenters. The summed E-state index contributed by atoms with van der Waals surface area (Å²) in [6, 6.07) is 9.10. The molecular weight excluding hydrogens is 335 g/mol. The van der Waals surface area contributed by atoms with Crippen LogP contribution in [0.3, 0.4) is 0 Å². The van der Waals surface area contributed by atoms with Crippen molar-refractivity contribution in [2.45, 2.75) is 19.5 Å². The summed E-state index contributed by atoms with van der Waals surface area (Å²) >= 11 is 0. The van der Waals surface area contributed by atoms with Gasteiger partial charge in [0.25, 0.3) is 0 Å². The van der Waals surface area contributed by atoms with Gasteiger partial charge in [-0.2, -0.15) is 0 Å². The molecule has 0 amide bonds. The van der Waals surface area contributed by atoms with Crippen LogP contribution in [-0.2, 0) is 13.2 Å². The number of aliphatic hydroxyl groups is 1. The summed E-state index contributed by atoms with van der Waals surface area (Å²) < 4.78 is 46.1. The summed E-state index contributed by atoms with van der Waals surface area (Å²) in [6.45, 7) is -0.334. The zero-order valence-corrected chi connectivity index (χ0v) is 13.4. The lowest BCUT2D eigenvalue weighted by Crippen LogP contribution is -2.18. The van der Waals surface area contributed by atoms with Crippen molar-refractivity contribution >= 4 is 0 Å². The lowest BCUT2D eigenvalue weighted by Gasteiger charge is -2.12. The van der Waals surface area contributed by atoms with Crippen LogP contribution >= 0.6 is 0 Å². The molecular formula is C18H16F3NO3. The fraction of sp³-hybridized carbons (Fsp3) is 0.222. The normalized spacial score (nSPS) is 10.8. The Morgan fingerprint density at radius 3 is 2.44 bits per heavy atom. The zero-order valence-electron chi connectivity index (χ0n) is 13.4. The number of nitrogens with two attached hydrogens (primary N) is 1. The third-order valence-corrected chi connectivity index (χ3v) is 3.33. The van der Waals surface area contributed by atoms with Gasteiger partial charge in [-0.25, -0.2) is 0 Å². The lowest BCUT2D eigenvalue weighted by atomic mass is 10.1. The Morgan fingerprint density at radius 2 is 1.84 bits per heavy atom. The van der Waals surface area contributed by atoms with Crippen molar-refractivity contribution in [3.8, 4) is 23.3 Å². The maximum atomic E-state index is 12.3. The molecule has 0 aliphatic rings. The van der Waals surface area contributed by atoms with Crippen molar-refractivity contribution in [1.29, 1.82) is 0 Å². The van der Waals surface area contributed by atoms with Crippen LogP contribution in [0.4, 0.5) is 13.2 Å². The van der Waals surface area contributed by atoms with E-state index in [-0.39, 0.29) is 24.5 Å². The van der Waals surface area contributed by atoms with Crippen LogP contribution in [0.15, 0.2) is 36.4 Å². The second-order valence-electron chi connectivity index (χ2n) is 5.01. The zero-order chi connectivity index (χ0) is 18.4. The van der Waals surface area contributed by atoms with Crippen LogP contribution in [0.1, 0.15) is 22.3 Å². The van der Waals surface area contributed by atoms with Gasteiger partial charge < -0.3 is 20.3 Å². The van der Waals surface area contributed by atoms with E-state index in [4.69, 9.17) is 10.5 Å². The molecule has 0 aromatic heterocycles. The van der Waals surface area contributed by atoms with Crippen LogP contribution in [-0.4, -0.2) is 18.6 Å². The van der Waals surface area contributed by atoms with Gasteiger partial charge in [-0.15, -0.1) is 13.2 Å². The number of benzene rings is 2. The highest BCUT2D eigenvalue weighted by Crippen LogP contribution is 2.27. The van der Waals surface area contributed by atoms with E-state index in [1.54, 1.807) is 18.2 Å². The lowest BCUT2D eigenvalue weighted by molar-refractivity contribution is -0.274. The number of rotatable bonds is 4. The van der Waals surface area contributed by atoms with Crippen molar-refractivity contribution in [1.82, 2.24) is 0 Å². The minimum absolute atomic E-state index is 0.120. The molecule has 0 spiro atoms. The largest absolute Gasteiger partial charge is 0.573 e. The van der Waals surface area contributed by atoms with Gasteiger partial charge in [0, 0.05) is 23.2 Å². The van der Waals surface area contributed by atoms with E-state index < -0.39 is 6.36 Å². The highest BCUT2D eigenvalue weighted by molar-refractivity contribution is 5.51. The number of hydrogen-bond acceptors (Lipinski definition) is 4. The van der Waals surface area contributed by atoms with Crippen molar-refractivity contribution in [2.24, 2.45) is 5.73 Å². The van der Waals surface area contributed by atoms with Gasteiger partial charge in [-0.1, -0.05) is 11.8 Å². The minimum Gasteiger partial charge on any atom is -0.497 e. The molecule has 25 heavy (non-hydrogen) atoms. The molecule has 0 radical (unpaired) electrons. The SMILES string of the molecule is COc1ccc(C#Cc2ccc(OC(F)(F)F)c(CN)c2)c(CO)c1. The first-order chi connectivity index (χ1) is 11.9. The molecule has 0 bridgehead atoms. The van der Waals surface area contributed by atoms with Crippen LogP contribution in [0, 0.1) is 11.8 Å². The Morgan fingerprint density at radius 1 is 1.08 bits per heavy atom. The predicted molar refractivity (Wildman–Crippen MR) is 85.9 cm³/mol. The number of alkyl halides is 3. The Bertz CT molecular complexity index is 807. The van der Waals surface area contributed by atoms with Crippen LogP contribution in [0.25, 0.3) is 0 Å². The molecule has 0 heterocycles. The fourth-order valence-corrected chi connectivity index (χ4v) is 2.13. The maximum Gasteiger partial charge on any atom is 0.573 e. The molecule has 2 aromatic rings. The van der Waals surface area contributed by atoms with Crippen LogP contribution < -0.4 is 15.2 Å². The summed E-state index contributed by atoms with van der Waals surface area (Å²) in [5, 5.41) is 9.40. The van der Waals surface area contributed by atoms with Gasteiger partial charge in [0.2, 0.25) is 0 Å². The first-order valence-corrected chi connectivity index (χ1v) is 7.25. The Kier molecular flexibility index (Phi) is 5.91. The molecule has 0 saturated heterocycles. The second-order valence-corrected chi connectivity index (χ2v) is 5.01. The van der Waals surface area contributed by atoms with E-state index in [9.17, 15) is 18.3 Å². The molecule has 0 aliphatic heterocycles. The van der Waals surface area contributed by atoms with E-state index >= 15 is 0 Å². The number of ether oxygens (including phenoxy) is 2. The van der Waals surface area contributed by atoms with Gasteiger partial charge in [0.05, 0.1) is 13.7 Å². The first-order valence-electron chi connectivity index (χ1n) is 7.25. The molecule has 2 rings (SSSR count). The smallest absolute Gasteiger partial charge is 0.497 e. The molecule has 132 valence electrons. The molecule has 0 saturated carbocycles. The van der Waals surface area contributed by atoms with Crippen LogP contribution in [0.5, 0.6) is 11.5 Å². The quantitative estimate of drug-likeness (QED) is 0.832. The molecule has 4 nitrogen and oxygen atoms in total. The van der Waals surface area contributed by atoms with Crippen molar-refractivity contribution in [2.75, 3.05) is 7.11 Å². The van der Waals surface area contributed by atoms with Gasteiger partial charge in [-0.05, 0) is 42.0 Å². The number of hydrogen-bond donors (Lipinski definition) is 2. The van der Waals surface area contributed by atoms with E-state index in [0.29, 0.717) is 22.4 Å². The summed E-state index contributed by atoms with van der Waals surface area (Å²) in [6.07, 6.45) is -4.78. The van der Waals surface area contributed by atoms with Gasteiger partial charge in [0.15, 0.2) is 0 Å². The molecule has 2 aromatic carbocycles. The number of halogens is 3. The third-order valence-electron chi connectivity index (χ3n) is 3.33. The Labute approximate surface area is 143 Å². The molecule has 0 atom stereocenters. The van der Waals surface area contributed by atoms with E-state index in [1.807, 2.05) is 0 Å². The van der Waals surface area contributed by atoms with Crippen LogP contribution in [0.2, 0.25) is 0 Å². The van der Waals surface area contributed by atoms with E-state index in [1.165, 1.54) is 25.3 Å². The van der Waals surface area contributed by atoms with Crippen molar-refractivity contribution in [3.05, 3.63) is 58.7 Å². The first kappa shape index (κ1) is 18.6. The highest BCUT2D eigenvalue weighted by atomic mass is 19.4. The summed E-state index contributed by atoms with van der Waals surface area (Å²) in [4.78, 5) is 0. The van der Waals surface area contributed by atoms with E-state index in [2.05, 4.69) is 16.6 Å². The molecule has 0 aliphatic carbocycles. The average molecular weight is 351 g/mol. The Hall–Kier alpha value is -2.69. The van der Waals surface area contributed by atoms with Crippen molar-refractivity contribution < 1.29 is 27.8 Å². The standard InChI is InChI=1S/C18H16F3NO3/c1-24-16-6-5-13(15(9-16)11-23)4-2-12-3-7-17(14(8-12)10-22)25-18(19,20)21/h3,5-9,23H,10-11,22H2,1H3. The topological polar surface area (TPSA) is 64.7 Å². The predicted octanol–water partition coefficient (Wildman–Crippen LogP) is 2.94. The monoisotopic (exact) mass is 351 g/mol. The maximum absolute atomic E-state index is 12.3. The Balaban J connectivity index is 2.32. The number of methoxy groups -OCH3 is 1. The summed E-state index contributed by atoms with van der Waals surface area (Å²) in [5.41, 5.74) is 7.33. The third kappa shape index (κ3) is 5.14. The van der Waals surface area contributed by atoms with E-state index in [0.717, 1.165) is 0 Å². The minimum atomic E-state index is -4.78. The number of aliphatic hydroxyl groups excluding tert-OH is 1. The van der Waals surface area contributed by atoms with Gasteiger partial charge >= 0.3 is 6.36 Å². The molecule has 0 fully saturated rings. The van der Waals surface area contributed by atoms with Crippen molar-refractivity contribution in [3.63, 3.8) is 0 Å². The summed E-state index contributed by atoms with van der Waals surface area (Å²) in [5.74, 6) is 5.97. The summed E-state index contributed by atoms with van der Waals surface area (Å²) in [7, 11) is 1.51. The molecule has 3 N–H and O–H groups in total. The second kappa shape index (κ2) is 7.92. The van der Waals surface area contributed by atoms with Gasteiger partial charge in [-0.3, -0.25) is 0 Å². The highest BCUT2D eigenvalue weighted by Gasteiger charge is 2.31. The molecule has 7 heteroatoms. The van der Waals surface area contributed by atoms with Gasteiger partial charge in [0.1, 0.15) is 11.5 Å². The fourth-order valence-electron chi connectivity index (χ4n) is 2.13.